The quantitative estimate of drug-likeness (QED) is 0.768. The number of anilines is 1. The second-order valence-electron chi connectivity index (χ2n) is 5.39. The highest BCUT2D eigenvalue weighted by Crippen LogP contribution is 2.30. The second kappa shape index (κ2) is 5.04. The highest BCUT2D eigenvalue weighted by Gasteiger charge is 2.30. The first-order chi connectivity index (χ1) is 8.78. The Morgan fingerprint density at radius 3 is 2.72 bits per heavy atom. The van der Waals surface area contributed by atoms with Crippen molar-refractivity contribution in [1.29, 1.82) is 0 Å². The first-order valence-electron chi connectivity index (χ1n) is 6.76. The summed E-state index contributed by atoms with van der Waals surface area (Å²) in [6.07, 6.45) is 5.65. The summed E-state index contributed by atoms with van der Waals surface area (Å²) in [6.45, 7) is 0.864. The molecule has 0 saturated carbocycles. The number of carbonyl (C=O) groups excluding carboxylic acids is 1. The molecule has 1 aliphatic carbocycles. The Bertz CT molecular complexity index is 472. The summed E-state index contributed by atoms with van der Waals surface area (Å²) in [7, 11) is 0. The molecule has 2 nitrogen and oxygen atoms in total. The second-order valence-corrected chi connectivity index (χ2v) is 6.04. The maximum atomic E-state index is 12.0. The summed E-state index contributed by atoms with van der Waals surface area (Å²) in [6, 6.07) is 6.58. The molecule has 2 aliphatic rings. The highest BCUT2D eigenvalue weighted by atomic mass is 79.9. The Labute approximate surface area is 116 Å². The van der Waals surface area contributed by atoms with Crippen LogP contribution in [0.2, 0.25) is 0 Å². The average Bonchev–Trinajstić information content (AvgIpc) is 2.79. The number of fused-ring (bicyclic) bond motifs is 1. The highest BCUT2D eigenvalue weighted by molar-refractivity contribution is 9.09. The molecular weight excluding hydrogens is 290 g/mol. The van der Waals surface area contributed by atoms with E-state index in [1.54, 1.807) is 0 Å². The van der Waals surface area contributed by atoms with Crippen molar-refractivity contribution in [3.63, 3.8) is 0 Å². The predicted octanol–water partition coefficient (Wildman–Crippen LogP) is 3.31. The van der Waals surface area contributed by atoms with Crippen molar-refractivity contribution < 1.29 is 4.79 Å². The van der Waals surface area contributed by atoms with Crippen LogP contribution in [0.5, 0.6) is 0 Å². The summed E-state index contributed by atoms with van der Waals surface area (Å²) in [5, 5.41) is 0.917. The largest absolute Gasteiger partial charge is 0.312 e. The van der Waals surface area contributed by atoms with Gasteiger partial charge in [-0.05, 0) is 54.9 Å². The first kappa shape index (κ1) is 12.2. The van der Waals surface area contributed by atoms with Crippen molar-refractivity contribution in [2.75, 3.05) is 16.8 Å². The van der Waals surface area contributed by atoms with E-state index in [1.807, 2.05) is 4.90 Å². The summed E-state index contributed by atoms with van der Waals surface area (Å²) in [5.74, 6) is 0.740. The van der Waals surface area contributed by atoms with Crippen LogP contribution in [0.15, 0.2) is 18.2 Å². The zero-order valence-corrected chi connectivity index (χ0v) is 12.1. The molecule has 1 unspecified atom stereocenters. The van der Waals surface area contributed by atoms with Crippen LogP contribution in [0, 0.1) is 5.92 Å². The standard InChI is InChI=1S/C15H18BrNO/c16-9-11-7-15(18)17(10-11)14-6-5-12-3-1-2-4-13(12)8-14/h5-6,8,11H,1-4,7,9-10H2. The molecule has 0 spiro atoms. The van der Waals surface area contributed by atoms with Gasteiger partial charge in [0.15, 0.2) is 0 Å². The lowest BCUT2D eigenvalue weighted by molar-refractivity contribution is -0.117. The monoisotopic (exact) mass is 307 g/mol. The molecule has 0 aromatic heterocycles. The fraction of sp³-hybridized carbons (Fsp3) is 0.533. The van der Waals surface area contributed by atoms with Crippen LogP contribution >= 0.6 is 15.9 Å². The molecule has 1 aromatic carbocycles. The number of hydrogen-bond donors (Lipinski definition) is 0. The van der Waals surface area contributed by atoms with Gasteiger partial charge in [0.05, 0.1) is 0 Å². The van der Waals surface area contributed by atoms with Gasteiger partial charge >= 0.3 is 0 Å². The third kappa shape index (κ3) is 2.20. The van der Waals surface area contributed by atoms with Crippen molar-refractivity contribution in [2.45, 2.75) is 32.1 Å². The third-order valence-electron chi connectivity index (χ3n) is 4.07. The molecule has 1 aliphatic heterocycles. The van der Waals surface area contributed by atoms with Gasteiger partial charge in [-0.15, -0.1) is 0 Å². The summed E-state index contributed by atoms with van der Waals surface area (Å²) >= 11 is 3.48. The molecule has 0 N–H and O–H groups in total. The van der Waals surface area contributed by atoms with E-state index in [2.05, 4.69) is 34.1 Å². The van der Waals surface area contributed by atoms with E-state index in [0.29, 0.717) is 12.3 Å². The normalized spacial score (nSPS) is 23.3. The van der Waals surface area contributed by atoms with Crippen molar-refractivity contribution in [1.82, 2.24) is 0 Å². The lowest BCUT2D eigenvalue weighted by Gasteiger charge is -2.21. The van der Waals surface area contributed by atoms with Gasteiger partial charge in [0.1, 0.15) is 0 Å². The Kier molecular flexibility index (Phi) is 3.42. The SMILES string of the molecule is O=C1CC(CBr)CN1c1ccc2c(c1)CCCC2. The average molecular weight is 308 g/mol. The number of alkyl halides is 1. The number of nitrogens with zero attached hydrogens (tertiary/aromatic N) is 1. The third-order valence-corrected chi connectivity index (χ3v) is 4.98. The van der Waals surface area contributed by atoms with E-state index in [-0.39, 0.29) is 5.91 Å². The van der Waals surface area contributed by atoms with E-state index in [0.717, 1.165) is 17.6 Å². The van der Waals surface area contributed by atoms with Gasteiger partial charge in [0.2, 0.25) is 5.91 Å². The van der Waals surface area contributed by atoms with Gasteiger partial charge < -0.3 is 4.90 Å². The van der Waals surface area contributed by atoms with Crippen LogP contribution in [0.1, 0.15) is 30.4 Å². The number of aryl methyl sites for hydroxylation is 2. The van der Waals surface area contributed by atoms with Crippen LogP contribution < -0.4 is 4.90 Å². The van der Waals surface area contributed by atoms with Gasteiger partial charge in [-0.2, -0.15) is 0 Å². The maximum absolute atomic E-state index is 12.0. The number of benzene rings is 1. The zero-order valence-electron chi connectivity index (χ0n) is 10.5. The molecule has 3 rings (SSSR count). The van der Waals surface area contributed by atoms with Crippen LogP contribution in [0.4, 0.5) is 5.69 Å². The number of carbonyl (C=O) groups is 1. The van der Waals surface area contributed by atoms with Crippen molar-refractivity contribution >= 4 is 27.5 Å². The van der Waals surface area contributed by atoms with Crippen molar-refractivity contribution in [3.05, 3.63) is 29.3 Å². The zero-order chi connectivity index (χ0) is 12.5. The van der Waals surface area contributed by atoms with E-state index >= 15 is 0 Å². The van der Waals surface area contributed by atoms with Crippen LogP contribution in [-0.4, -0.2) is 17.8 Å². The van der Waals surface area contributed by atoms with Gasteiger partial charge in [0.25, 0.3) is 0 Å². The Morgan fingerprint density at radius 1 is 1.22 bits per heavy atom. The van der Waals surface area contributed by atoms with E-state index in [1.165, 1.54) is 36.8 Å². The number of amides is 1. The maximum Gasteiger partial charge on any atom is 0.227 e. The van der Waals surface area contributed by atoms with Gasteiger partial charge in [-0.3, -0.25) is 4.79 Å². The molecule has 1 aromatic rings. The molecule has 3 heteroatoms. The predicted molar refractivity (Wildman–Crippen MR) is 77.3 cm³/mol. The van der Waals surface area contributed by atoms with Gasteiger partial charge in [-0.25, -0.2) is 0 Å². The van der Waals surface area contributed by atoms with E-state index in [4.69, 9.17) is 0 Å². The number of rotatable bonds is 2. The lowest BCUT2D eigenvalue weighted by atomic mass is 9.91. The van der Waals surface area contributed by atoms with Crippen LogP contribution in [-0.2, 0) is 17.6 Å². The summed E-state index contributed by atoms with van der Waals surface area (Å²) < 4.78 is 0. The van der Waals surface area contributed by atoms with Crippen molar-refractivity contribution in [2.24, 2.45) is 5.92 Å². The van der Waals surface area contributed by atoms with Gasteiger partial charge in [-0.1, -0.05) is 22.0 Å². The Balaban J connectivity index is 1.86. The lowest BCUT2D eigenvalue weighted by Crippen LogP contribution is -2.25. The number of halogens is 1. The fourth-order valence-corrected chi connectivity index (χ4v) is 3.46. The first-order valence-corrected chi connectivity index (χ1v) is 7.88. The molecule has 0 radical (unpaired) electrons. The topological polar surface area (TPSA) is 20.3 Å². The molecule has 1 fully saturated rings. The minimum Gasteiger partial charge on any atom is -0.312 e. The van der Waals surface area contributed by atoms with Gasteiger partial charge in [0, 0.05) is 24.0 Å². The molecule has 96 valence electrons. The minimum atomic E-state index is 0.273. The van der Waals surface area contributed by atoms with Crippen LogP contribution in [0.25, 0.3) is 0 Å². The van der Waals surface area contributed by atoms with Crippen molar-refractivity contribution in [3.8, 4) is 0 Å². The fourth-order valence-electron chi connectivity index (χ4n) is 3.02. The summed E-state index contributed by atoms with van der Waals surface area (Å²) in [4.78, 5) is 14.0. The number of hydrogen-bond acceptors (Lipinski definition) is 1. The van der Waals surface area contributed by atoms with E-state index < -0.39 is 0 Å². The Hall–Kier alpha value is -0.830. The van der Waals surface area contributed by atoms with Crippen LogP contribution in [0.3, 0.4) is 0 Å². The molecule has 0 bridgehead atoms. The molecule has 1 atom stereocenters. The molecular formula is C15H18BrNO. The molecule has 1 amide bonds. The smallest absolute Gasteiger partial charge is 0.227 e. The molecule has 18 heavy (non-hydrogen) atoms. The summed E-state index contributed by atoms with van der Waals surface area (Å²) in [5.41, 5.74) is 4.03. The van der Waals surface area contributed by atoms with E-state index in [9.17, 15) is 4.79 Å². The molecule has 1 saturated heterocycles. The minimum absolute atomic E-state index is 0.273. The molecule has 1 heterocycles. The Morgan fingerprint density at radius 2 is 2.00 bits per heavy atom.